The van der Waals surface area contributed by atoms with Crippen LogP contribution in [0.15, 0.2) is 54.9 Å². The van der Waals surface area contributed by atoms with Crippen molar-refractivity contribution in [3.63, 3.8) is 0 Å². The summed E-state index contributed by atoms with van der Waals surface area (Å²) in [7, 11) is 0. The molecule has 0 atom stereocenters. The summed E-state index contributed by atoms with van der Waals surface area (Å²) >= 11 is 0. The second kappa shape index (κ2) is 6.46. The zero-order valence-electron chi connectivity index (χ0n) is 12.2. The van der Waals surface area contributed by atoms with Crippen LogP contribution in [0.5, 0.6) is 0 Å². The Morgan fingerprint density at radius 3 is 2.52 bits per heavy atom. The summed E-state index contributed by atoms with van der Waals surface area (Å²) in [5.41, 5.74) is 4.74. The van der Waals surface area contributed by atoms with Crippen LogP contribution in [-0.2, 0) is 19.5 Å². The second-order valence-corrected chi connectivity index (χ2v) is 5.06. The van der Waals surface area contributed by atoms with Crippen LogP contribution in [0.25, 0.3) is 10.9 Å². The molecule has 0 unspecified atom stereocenters. The van der Waals surface area contributed by atoms with E-state index in [1.54, 1.807) is 0 Å². The number of rotatable bonds is 5. The molecule has 3 heteroatoms. The van der Waals surface area contributed by atoms with Crippen molar-refractivity contribution in [1.82, 2.24) is 15.3 Å². The van der Waals surface area contributed by atoms with Crippen LogP contribution < -0.4 is 5.32 Å². The normalized spacial score (nSPS) is 10.9. The second-order valence-electron chi connectivity index (χ2n) is 5.06. The summed E-state index contributed by atoms with van der Waals surface area (Å²) in [4.78, 5) is 8.95. The lowest BCUT2D eigenvalue weighted by Gasteiger charge is -2.09. The molecule has 3 aromatic rings. The lowest BCUT2D eigenvalue weighted by atomic mass is 10.1. The Bertz CT molecular complexity index is 732. The van der Waals surface area contributed by atoms with Crippen molar-refractivity contribution in [3.8, 4) is 0 Å². The molecule has 0 radical (unpaired) electrons. The highest BCUT2D eigenvalue weighted by Gasteiger charge is 2.03. The van der Waals surface area contributed by atoms with Gasteiger partial charge >= 0.3 is 0 Å². The van der Waals surface area contributed by atoms with Crippen molar-refractivity contribution in [1.29, 1.82) is 0 Å². The van der Waals surface area contributed by atoms with Gasteiger partial charge in [-0.25, -0.2) is 0 Å². The van der Waals surface area contributed by atoms with Crippen molar-refractivity contribution in [2.45, 2.75) is 26.4 Å². The van der Waals surface area contributed by atoms with Gasteiger partial charge < -0.3 is 5.32 Å². The molecule has 0 aliphatic rings. The summed E-state index contributed by atoms with van der Waals surface area (Å²) < 4.78 is 0. The SMILES string of the molecule is CCc1cccnc1CNCc1cccc2cccnc12. The minimum absolute atomic E-state index is 0.785. The van der Waals surface area contributed by atoms with E-state index in [0.717, 1.165) is 30.7 Å². The topological polar surface area (TPSA) is 37.8 Å². The van der Waals surface area contributed by atoms with Gasteiger partial charge in [0.15, 0.2) is 0 Å². The van der Waals surface area contributed by atoms with Gasteiger partial charge in [-0.3, -0.25) is 9.97 Å². The van der Waals surface area contributed by atoms with Crippen LogP contribution in [-0.4, -0.2) is 9.97 Å². The lowest BCUT2D eigenvalue weighted by molar-refractivity contribution is 0.675. The van der Waals surface area contributed by atoms with E-state index in [1.807, 2.05) is 24.5 Å². The van der Waals surface area contributed by atoms with Crippen LogP contribution in [0.3, 0.4) is 0 Å². The van der Waals surface area contributed by atoms with E-state index in [0.29, 0.717) is 0 Å². The average Bonchev–Trinajstić information content (AvgIpc) is 2.55. The highest BCUT2D eigenvalue weighted by atomic mass is 14.9. The fourth-order valence-electron chi connectivity index (χ4n) is 2.58. The summed E-state index contributed by atoms with van der Waals surface area (Å²) in [5, 5.41) is 4.67. The first-order valence-corrected chi connectivity index (χ1v) is 7.34. The maximum Gasteiger partial charge on any atom is 0.0746 e. The highest BCUT2D eigenvalue weighted by Crippen LogP contribution is 2.15. The van der Waals surface area contributed by atoms with Crippen molar-refractivity contribution in [3.05, 3.63) is 71.7 Å². The fourth-order valence-corrected chi connectivity index (χ4v) is 2.58. The molecule has 0 saturated heterocycles. The van der Waals surface area contributed by atoms with E-state index in [9.17, 15) is 0 Å². The maximum absolute atomic E-state index is 4.48. The van der Waals surface area contributed by atoms with Crippen LogP contribution in [0.2, 0.25) is 0 Å². The summed E-state index contributed by atoms with van der Waals surface area (Å²) in [6.07, 6.45) is 4.72. The molecule has 1 N–H and O–H groups in total. The number of nitrogens with one attached hydrogen (secondary N) is 1. The molecule has 0 bridgehead atoms. The molecule has 3 rings (SSSR count). The molecular weight excluding hydrogens is 258 g/mol. The maximum atomic E-state index is 4.48. The summed E-state index contributed by atoms with van der Waals surface area (Å²) in [6, 6.07) is 14.5. The molecule has 0 aliphatic carbocycles. The quantitative estimate of drug-likeness (QED) is 0.776. The Morgan fingerprint density at radius 2 is 1.62 bits per heavy atom. The van der Waals surface area contributed by atoms with E-state index in [2.05, 4.69) is 52.5 Å². The zero-order chi connectivity index (χ0) is 14.5. The number of nitrogens with zero attached hydrogens (tertiary/aromatic N) is 2. The van der Waals surface area contributed by atoms with Gasteiger partial charge in [-0.05, 0) is 29.7 Å². The minimum atomic E-state index is 0.785. The van der Waals surface area contributed by atoms with Crippen LogP contribution >= 0.6 is 0 Å². The first-order valence-electron chi connectivity index (χ1n) is 7.34. The van der Waals surface area contributed by atoms with Gasteiger partial charge in [0.2, 0.25) is 0 Å². The molecule has 2 heterocycles. The molecular formula is C18H19N3. The van der Waals surface area contributed by atoms with Crippen molar-refractivity contribution < 1.29 is 0 Å². The number of hydrogen-bond acceptors (Lipinski definition) is 3. The predicted molar refractivity (Wildman–Crippen MR) is 85.9 cm³/mol. The number of fused-ring (bicyclic) bond motifs is 1. The number of benzene rings is 1. The van der Waals surface area contributed by atoms with Crippen molar-refractivity contribution in [2.24, 2.45) is 0 Å². The molecule has 106 valence electrons. The Labute approximate surface area is 125 Å². The number of aromatic nitrogens is 2. The largest absolute Gasteiger partial charge is 0.307 e. The van der Waals surface area contributed by atoms with Gasteiger partial charge in [-0.1, -0.05) is 37.3 Å². The van der Waals surface area contributed by atoms with E-state index < -0.39 is 0 Å². The molecule has 0 fully saturated rings. The molecule has 1 aromatic carbocycles. The zero-order valence-corrected chi connectivity index (χ0v) is 12.2. The Morgan fingerprint density at radius 1 is 0.857 bits per heavy atom. The van der Waals surface area contributed by atoms with Crippen molar-refractivity contribution in [2.75, 3.05) is 0 Å². The fraction of sp³-hybridized carbons (Fsp3) is 0.222. The van der Waals surface area contributed by atoms with Crippen molar-refractivity contribution >= 4 is 10.9 Å². The van der Waals surface area contributed by atoms with Crippen LogP contribution in [0.1, 0.15) is 23.7 Å². The highest BCUT2D eigenvalue weighted by molar-refractivity contribution is 5.81. The molecule has 0 saturated carbocycles. The molecule has 2 aromatic heterocycles. The molecule has 0 aliphatic heterocycles. The predicted octanol–water partition coefficient (Wildman–Crippen LogP) is 3.48. The lowest BCUT2D eigenvalue weighted by Crippen LogP contribution is -2.15. The Hall–Kier alpha value is -2.26. The number of para-hydroxylation sites is 1. The van der Waals surface area contributed by atoms with E-state index in [4.69, 9.17) is 0 Å². The molecule has 3 nitrogen and oxygen atoms in total. The van der Waals surface area contributed by atoms with Crippen LogP contribution in [0, 0.1) is 0 Å². The third kappa shape index (κ3) is 3.09. The van der Waals surface area contributed by atoms with E-state index >= 15 is 0 Å². The Balaban J connectivity index is 1.72. The third-order valence-electron chi connectivity index (χ3n) is 3.69. The number of pyridine rings is 2. The minimum Gasteiger partial charge on any atom is -0.307 e. The first kappa shape index (κ1) is 13.7. The third-order valence-corrected chi connectivity index (χ3v) is 3.69. The molecule has 21 heavy (non-hydrogen) atoms. The Kier molecular flexibility index (Phi) is 4.22. The summed E-state index contributed by atoms with van der Waals surface area (Å²) in [6.45, 7) is 3.75. The van der Waals surface area contributed by atoms with Gasteiger partial charge in [0.25, 0.3) is 0 Å². The van der Waals surface area contributed by atoms with Gasteiger partial charge in [0.1, 0.15) is 0 Å². The molecule has 0 spiro atoms. The van der Waals surface area contributed by atoms with Gasteiger partial charge in [-0.2, -0.15) is 0 Å². The number of hydrogen-bond donors (Lipinski definition) is 1. The summed E-state index contributed by atoms with van der Waals surface area (Å²) in [5.74, 6) is 0. The van der Waals surface area contributed by atoms with Gasteiger partial charge in [0, 0.05) is 30.9 Å². The van der Waals surface area contributed by atoms with Gasteiger partial charge in [0.05, 0.1) is 11.2 Å². The molecule has 0 amide bonds. The smallest absolute Gasteiger partial charge is 0.0746 e. The van der Waals surface area contributed by atoms with E-state index in [1.165, 1.54) is 16.5 Å². The monoisotopic (exact) mass is 277 g/mol. The average molecular weight is 277 g/mol. The van der Waals surface area contributed by atoms with Gasteiger partial charge in [-0.15, -0.1) is 0 Å². The van der Waals surface area contributed by atoms with E-state index in [-0.39, 0.29) is 0 Å². The van der Waals surface area contributed by atoms with Crippen LogP contribution in [0.4, 0.5) is 0 Å². The number of aryl methyl sites for hydroxylation is 1. The first-order chi connectivity index (χ1) is 10.4. The standard InChI is InChI=1S/C18H19N3/c1-2-14-8-4-10-20-17(14)13-19-12-16-7-3-6-15-9-5-11-21-18(15)16/h3-11,19H,2,12-13H2,1H3.